The first-order valence-corrected chi connectivity index (χ1v) is 12.2. The van der Waals surface area contributed by atoms with Gasteiger partial charge in [0.25, 0.3) is 17.4 Å². The molecule has 0 aliphatic carbocycles. The minimum absolute atomic E-state index is 0.0493. The van der Waals surface area contributed by atoms with Gasteiger partial charge in [-0.1, -0.05) is 12.1 Å². The third-order valence-corrected chi connectivity index (χ3v) is 7.37. The first-order chi connectivity index (χ1) is 17.7. The van der Waals surface area contributed by atoms with E-state index in [1.807, 2.05) is 0 Å². The van der Waals surface area contributed by atoms with Gasteiger partial charge in [0.15, 0.2) is 0 Å². The van der Waals surface area contributed by atoms with Crippen LogP contribution in [0.3, 0.4) is 0 Å². The maximum absolute atomic E-state index is 13.5. The number of nitrogens with one attached hydrogen (secondary N) is 2. The van der Waals surface area contributed by atoms with Gasteiger partial charge in [0.05, 0.1) is 11.1 Å². The standard InChI is InChI=1S/C25H28N6O6/c1-28-11-15(22(34)29(2)25(28)37)13-30(16-8-9-26-10-16)12-14-4-3-5-17-20(14)24(36)31(23(17)35)18-6-7-19(32)27-21(18)33/h3-5,11,16,18,26H,6-10,12-13H2,1-2H3,(H,27,32,33). The molecule has 2 saturated heterocycles. The maximum atomic E-state index is 13.5. The quantitative estimate of drug-likeness (QED) is 0.466. The number of aromatic nitrogens is 2. The van der Waals surface area contributed by atoms with Gasteiger partial charge in [0.2, 0.25) is 11.8 Å². The number of amides is 4. The molecule has 1 aromatic heterocycles. The average Bonchev–Trinajstić information content (AvgIpc) is 3.49. The fourth-order valence-electron chi connectivity index (χ4n) is 5.41. The molecule has 4 heterocycles. The highest BCUT2D eigenvalue weighted by Gasteiger charge is 2.45. The van der Waals surface area contributed by atoms with Gasteiger partial charge < -0.3 is 9.88 Å². The first kappa shape index (κ1) is 24.8. The van der Waals surface area contributed by atoms with E-state index in [0.29, 0.717) is 17.7 Å². The van der Waals surface area contributed by atoms with Crippen LogP contribution < -0.4 is 21.9 Å². The summed E-state index contributed by atoms with van der Waals surface area (Å²) in [6.07, 6.45) is 2.50. The van der Waals surface area contributed by atoms with E-state index >= 15 is 0 Å². The Hall–Kier alpha value is -3.90. The summed E-state index contributed by atoms with van der Waals surface area (Å²) in [6, 6.07) is 4.06. The Morgan fingerprint density at radius 2 is 1.73 bits per heavy atom. The molecule has 3 aliphatic rings. The lowest BCUT2D eigenvalue weighted by Crippen LogP contribution is -2.54. The van der Waals surface area contributed by atoms with E-state index in [-0.39, 0.29) is 48.7 Å². The predicted molar refractivity (Wildman–Crippen MR) is 131 cm³/mol. The fourth-order valence-corrected chi connectivity index (χ4v) is 5.41. The molecule has 2 unspecified atom stereocenters. The number of hydrogen-bond acceptors (Lipinski definition) is 8. The summed E-state index contributed by atoms with van der Waals surface area (Å²) in [5, 5.41) is 5.52. The van der Waals surface area contributed by atoms with Gasteiger partial charge in [0.1, 0.15) is 6.04 Å². The molecule has 2 atom stereocenters. The van der Waals surface area contributed by atoms with E-state index < -0.39 is 35.4 Å². The second kappa shape index (κ2) is 9.52. The number of carbonyl (C=O) groups excluding carboxylic acids is 4. The van der Waals surface area contributed by atoms with Crippen LogP contribution in [0.15, 0.2) is 34.0 Å². The van der Waals surface area contributed by atoms with E-state index in [1.165, 1.54) is 17.8 Å². The van der Waals surface area contributed by atoms with Crippen molar-refractivity contribution in [3.05, 3.63) is 67.5 Å². The van der Waals surface area contributed by atoms with E-state index in [2.05, 4.69) is 15.5 Å². The molecule has 0 radical (unpaired) electrons. The topological polar surface area (TPSA) is 143 Å². The van der Waals surface area contributed by atoms with E-state index in [1.54, 1.807) is 25.2 Å². The Labute approximate surface area is 211 Å². The van der Waals surface area contributed by atoms with Crippen molar-refractivity contribution in [3.8, 4) is 0 Å². The summed E-state index contributed by atoms with van der Waals surface area (Å²) in [5.74, 6) is -2.20. The van der Waals surface area contributed by atoms with Crippen LogP contribution in [0.2, 0.25) is 0 Å². The lowest BCUT2D eigenvalue weighted by molar-refractivity contribution is -0.136. The van der Waals surface area contributed by atoms with Crippen molar-refractivity contribution in [2.45, 2.75) is 44.4 Å². The van der Waals surface area contributed by atoms with E-state index in [4.69, 9.17) is 0 Å². The first-order valence-electron chi connectivity index (χ1n) is 12.2. The van der Waals surface area contributed by atoms with E-state index in [9.17, 15) is 28.8 Å². The second-order valence-corrected chi connectivity index (χ2v) is 9.75. The Bertz CT molecular complexity index is 1440. The molecule has 1 aromatic carbocycles. The number of nitrogens with zero attached hydrogens (tertiary/aromatic N) is 4. The third kappa shape index (κ3) is 4.31. The Morgan fingerprint density at radius 3 is 2.43 bits per heavy atom. The molecule has 0 saturated carbocycles. The molecule has 2 N–H and O–H groups in total. The molecule has 12 heteroatoms. The van der Waals surface area contributed by atoms with Crippen molar-refractivity contribution < 1.29 is 19.2 Å². The molecule has 2 fully saturated rings. The van der Waals surface area contributed by atoms with Gasteiger partial charge in [-0.05, 0) is 31.0 Å². The summed E-state index contributed by atoms with van der Waals surface area (Å²) in [6.45, 7) is 2.02. The van der Waals surface area contributed by atoms with Crippen molar-refractivity contribution in [1.29, 1.82) is 0 Å². The monoisotopic (exact) mass is 508 g/mol. The van der Waals surface area contributed by atoms with Gasteiger partial charge in [0, 0.05) is 58.0 Å². The number of benzene rings is 1. The van der Waals surface area contributed by atoms with Gasteiger partial charge in [-0.25, -0.2) is 4.79 Å². The van der Waals surface area contributed by atoms with Crippen LogP contribution in [0.5, 0.6) is 0 Å². The van der Waals surface area contributed by atoms with Crippen molar-refractivity contribution in [2.75, 3.05) is 13.1 Å². The van der Waals surface area contributed by atoms with Crippen LogP contribution in [-0.2, 0) is 36.8 Å². The van der Waals surface area contributed by atoms with Crippen LogP contribution in [0, 0.1) is 0 Å². The highest BCUT2D eigenvalue weighted by atomic mass is 16.2. The van der Waals surface area contributed by atoms with Crippen molar-refractivity contribution in [3.63, 3.8) is 0 Å². The van der Waals surface area contributed by atoms with Gasteiger partial charge in [-0.15, -0.1) is 0 Å². The van der Waals surface area contributed by atoms with Crippen LogP contribution in [0.4, 0.5) is 0 Å². The molecule has 2 aromatic rings. The van der Waals surface area contributed by atoms with Crippen molar-refractivity contribution >= 4 is 23.6 Å². The zero-order chi connectivity index (χ0) is 26.4. The normalized spacial score (nSPS) is 21.6. The van der Waals surface area contributed by atoms with Gasteiger partial charge >= 0.3 is 5.69 Å². The lowest BCUT2D eigenvalue weighted by Gasteiger charge is -2.29. The maximum Gasteiger partial charge on any atom is 0.330 e. The van der Waals surface area contributed by atoms with Crippen LogP contribution >= 0.6 is 0 Å². The van der Waals surface area contributed by atoms with Crippen LogP contribution in [-0.4, -0.2) is 67.7 Å². The Balaban J connectivity index is 1.48. The molecule has 5 rings (SSSR count). The SMILES string of the molecule is Cn1cc(CN(Cc2cccc3c2C(=O)N(C2CCC(=O)NC2=O)C3=O)C2CCNC2)c(=O)n(C)c1=O. The minimum Gasteiger partial charge on any atom is -0.315 e. The van der Waals surface area contributed by atoms with Gasteiger partial charge in [-0.2, -0.15) is 0 Å². The summed E-state index contributed by atoms with van der Waals surface area (Å²) in [5.41, 5.74) is 0.709. The molecule has 194 valence electrons. The molecule has 0 spiro atoms. The molecular weight excluding hydrogens is 480 g/mol. The average molecular weight is 509 g/mol. The minimum atomic E-state index is -1.04. The van der Waals surface area contributed by atoms with Crippen molar-refractivity contribution in [2.24, 2.45) is 14.1 Å². The highest BCUT2D eigenvalue weighted by Crippen LogP contribution is 2.31. The number of fused-ring (bicyclic) bond motifs is 1. The second-order valence-electron chi connectivity index (χ2n) is 9.75. The summed E-state index contributed by atoms with van der Waals surface area (Å²) in [4.78, 5) is 78.8. The van der Waals surface area contributed by atoms with Crippen LogP contribution in [0.25, 0.3) is 0 Å². The summed E-state index contributed by atoms with van der Waals surface area (Å²) >= 11 is 0. The number of aryl methyl sites for hydroxylation is 1. The zero-order valence-electron chi connectivity index (χ0n) is 20.7. The molecule has 0 bridgehead atoms. The van der Waals surface area contributed by atoms with Gasteiger partial charge in [-0.3, -0.25) is 43.7 Å². The highest BCUT2D eigenvalue weighted by molar-refractivity contribution is 6.24. The largest absolute Gasteiger partial charge is 0.330 e. The molecule has 12 nitrogen and oxygen atoms in total. The molecular formula is C25H28N6O6. The van der Waals surface area contributed by atoms with E-state index in [0.717, 1.165) is 22.4 Å². The summed E-state index contributed by atoms with van der Waals surface area (Å²) in [7, 11) is 3.03. The predicted octanol–water partition coefficient (Wildman–Crippen LogP) is -1.15. The Kier molecular flexibility index (Phi) is 6.38. The van der Waals surface area contributed by atoms with Crippen LogP contribution in [0.1, 0.15) is 51.1 Å². The smallest absolute Gasteiger partial charge is 0.315 e. The number of piperidine rings is 1. The third-order valence-electron chi connectivity index (χ3n) is 7.37. The number of hydrogen-bond donors (Lipinski definition) is 2. The fraction of sp³-hybridized carbons (Fsp3) is 0.440. The zero-order valence-corrected chi connectivity index (χ0v) is 20.7. The Morgan fingerprint density at radius 1 is 0.973 bits per heavy atom. The number of rotatable bonds is 6. The molecule has 4 amide bonds. The molecule has 37 heavy (non-hydrogen) atoms. The molecule has 3 aliphatic heterocycles. The number of imide groups is 2. The summed E-state index contributed by atoms with van der Waals surface area (Å²) < 4.78 is 2.43. The number of carbonyl (C=O) groups is 4. The lowest BCUT2D eigenvalue weighted by atomic mass is 10.0. The van der Waals surface area contributed by atoms with Crippen molar-refractivity contribution in [1.82, 2.24) is 29.6 Å².